The Kier molecular flexibility index (Phi) is 5.63. The molecule has 134 valence electrons. The van der Waals surface area contributed by atoms with Gasteiger partial charge in [0.05, 0.1) is 18.8 Å². The molecular weight excluding hydrogens is 323 g/mol. The van der Waals surface area contributed by atoms with E-state index in [4.69, 9.17) is 14.2 Å². The summed E-state index contributed by atoms with van der Waals surface area (Å²) in [6, 6.07) is 5.28. The van der Waals surface area contributed by atoms with Crippen LogP contribution in [0.3, 0.4) is 0 Å². The number of ether oxygens (including phenoxy) is 3. The highest BCUT2D eigenvalue weighted by Crippen LogP contribution is 2.30. The van der Waals surface area contributed by atoms with Gasteiger partial charge in [-0.25, -0.2) is 0 Å². The fraction of sp³-hybridized carbons (Fsp3) is 0.647. The van der Waals surface area contributed by atoms with E-state index in [1.165, 1.54) is 12.1 Å². The first-order valence-corrected chi connectivity index (χ1v) is 8.26. The van der Waals surface area contributed by atoms with Gasteiger partial charge in [-0.2, -0.15) is 13.2 Å². The van der Waals surface area contributed by atoms with Crippen LogP contribution in [0.5, 0.6) is 5.75 Å². The van der Waals surface area contributed by atoms with Gasteiger partial charge in [0.15, 0.2) is 0 Å². The molecule has 1 atom stereocenters. The first-order chi connectivity index (χ1) is 11.5. The summed E-state index contributed by atoms with van der Waals surface area (Å²) in [4.78, 5) is 2.35. The van der Waals surface area contributed by atoms with Gasteiger partial charge in [-0.3, -0.25) is 4.90 Å². The van der Waals surface area contributed by atoms with Gasteiger partial charge in [-0.15, -0.1) is 0 Å². The Morgan fingerprint density at radius 1 is 1.00 bits per heavy atom. The molecule has 0 amide bonds. The van der Waals surface area contributed by atoms with Crippen LogP contribution in [0.2, 0.25) is 0 Å². The molecule has 4 nitrogen and oxygen atoms in total. The maximum absolute atomic E-state index is 12.6. The molecule has 2 fully saturated rings. The molecule has 3 rings (SSSR count). The van der Waals surface area contributed by atoms with E-state index in [0.29, 0.717) is 31.5 Å². The number of rotatable bonds is 3. The SMILES string of the molecule is FC(F)(F)c1ccc(O[C@H]2COCCN(C3CCOCC3)C2)cc1. The molecular formula is C17H22F3NO3. The van der Waals surface area contributed by atoms with Gasteiger partial charge in [0.25, 0.3) is 0 Å². The summed E-state index contributed by atoms with van der Waals surface area (Å²) in [7, 11) is 0. The smallest absolute Gasteiger partial charge is 0.416 e. The molecule has 0 aromatic heterocycles. The zero-order valence-corrected chi connectivity index (χ0v) is 13.4. The summed E-state index contributed by atoms with van der Waals surface area (Å²) >= 11 is 0. The predicted molar refractivity (Wildman–Crippen MR) is 82.1 cm³/mol. The average molecular weight is 345 g/mol. The molecule has 24 heavy (non-hydrogen) atoms. The second-order valence-corrected chi connectivity index (χ2v) is 6.18. The Balaban J connectivity index is 1.60. The van der Waals surface area contributed by atoms with E-state index < -0.39 is 11.7 Å². The van der Waals surface area contributed by atoms with Crippen LogP contribution in [0.15, 0.2) is 24.3 Å². The normalized spacial score (nSPS) is 24.5. The van der Waals surface area contributed by atoms with Crippen molar-refractivity contribution in [2.24, 2.45) is 0 Å². The molecule has 2 aliphatic rings. The number of alkyl halides is 3. The molecule has 0 aliphatic carbocycles. The zero-order chi connectivity index (χ0) is 17.0. The van der Waals surface area contributed by atoms with Crippen molar-refractivity contribution in [2.45, 2.75) is 31.2 Å². The first-order valence-electron chi connectivity index (χ1n) is 8.26. The van der Waals surface area contributed by atoms with E-state index in [1.807, 2.05) is 0 Å². The molecule has 7 heteroatoms. The molecule has 2 heterocycles. The highest BCUT2D eigenvalue weighted by molar-refractivity contribution is 5.29. The Morgan fingerprint density at radius 3 is 2.38 bits per heavy atom. The maximum atomic E-state index is 12.6. The van der Waals surface area contributed by atoms with Crippen LogP contribution < -0.4 is 4.74 Å². The number of hydrogen-bond donors (Lipinski definition) is 0. The molecule has 0 radical (unpaired) electrons. The van der Waals surface area contributed by atoms with Crippen molar-refractivity contribution in [3.8, 4) is 5.75 Å². The number of hydrogen-bond acceptors (Lipinski definition) is 4. The Labute approximate surface area is 139 Å². The van der Waals surface area contributed by atoms with Gasteiger partial charge in [-0.1, -0.05) is 0 Å². The third-order valence-corrected chi connectivity index (χ3v) is 4.46. The van der Waals surface area contributed by atoms with Crippen LogP contribution >= 0.6 is 0 Å². The maximum Gasteiger partial charge on any atom is 0.416 e. The summed E-state index contributed by atoms with van der Waals surface area (Å²) in [5, 5.41) is 0. The Bertz CT molecular complexity index is 515. The summed E-state index contributed by atoms with van der Waals surface area (Å²) in [5.41, 5.74) is -0.671. The highest BCUT2D eigenvalue weighted by Gasteiger charge is 2.30. The second-order valence-electron chi connectivity index (χ2n) is 6.18. The molecule has 1 aromatic rings. The van der Waals surface area contributed by atoms with Crippen LogP contribution in [0, 0.1) is 0 Å². The van der Waals surface area contributed by atoms with E-state index in [-0.39, 0.29) is 6.10 Å². The standard InChI is InChI=1S/C17H22F3NO3/c18-17(19,20)13-1-3-15(4-2-13)24-16-11-21(7-10-23-12-16)14-5-8-22-9-6-14/h1-4,14,16H,5-12H2/t16-/m1/s1. The number of halogens is 3. The van der Waals surface area contributed by atoms with E-state index in [1.54, 1.807) is 0 Å². The van der Waals surface area contributed by atoms with E-state index in [9.17, 15) is 13.2 Å². The fourth-order valence-corrected chi connectivity index (χ4v) is 3.17. The van der Waals surface area contributed by atoms with Crippen LogP contribution in [0.1, 0.15) is 18.4 Å². The van der Waals surface area contributed by atoms with Crippen LogP contribution in [-0.4, -0.2) is 56.6 Å². The monoisotopic (exact) mass is 345 g/mol. The van der Waals surface area contributed by atoms with Gasteiger partial charge in [0.2, 0.25) is 0 Å². The predicted octanol–water partition coefficient (Wildman–Crippen LogP) is 2.96. The first kappa shape index (κ1) is 17.5. The molecule has 2 aliphatic heterocycles. The molecule has 1 aromatic carbocycles. The van der Waals surface area contributed by atoms with Crippen molar-refractivity contribution in [1.29, 1.82) is 0 Å². The molecule has 0 saturated carbocycles. The van der Waals surface area contributed by atoms with Gasteiger partial charge < -0.3 is 14.2 Å². The zero-order valence-electron chi connectivity index (χ0n) is 13.4. The van der Waals surface area contributed by atoms with Gasteiger partial charge in [0.1, 0.15) is 11.9 Å². The lowest BCUT2D eigenvalue weighted by Crippen LogP contribution is -2.44. The minimum absolute atomic E-state index is 0.188. The van der Waals surface area contributed by atoms with Crippen LogP contribution in [0.25, 0.3) is 0 Å². The van der Waals surface area contributed by atoms with Crippen molar-refractivity contribution in [1.82, 2.24) is 4.90 Å². The minimum atomic E-state index is -4.33. The van der Waals surface area contributed by atoms with Gasteiger partial charge >= 0.3 is 6.18 Å². The molecule has 2 saturated heterocycles. The van der Waals surface area contributed by atoms with E-state index in [2.05, 4.69) is 4.90 Å². The Morgan fingerprint density at radius 2 is 1.71 bits per heavy atom. The quantitative estimate of drug-likeness (QED) is 0.843. The van der Waals surface area contributed by atoms with Crippen molar-refractivity contribution in [3.05, 3.63) is 29.8 Å². The van der Waals surface area contributed by atoms with Crippen molar-refractivity contribution in [3.63, 3.8) is 0 Å². The van der Waals surface area contributed by atoms with Crippen LogP contribution in [0.4, 0.5) is 13.2 Å². The third kappa shape index (κ3) is 4.62. The van der Waals surface area contributed by atoms with Crippen molar-refractivity contribution in [2.75, 3.05) is 39.5 Å². The largest absolute Gasteiger partial charge is 0.487 e. The summed E-state index contributed by atoms with van der Waals surface area (Å²) < 4.78 is 54.7. The van der Waals surface area contributed by atoms with Crippen molar-refractivity contribution < 1.29 is 27.4 Å². The summed E-state index contributed by atoms with van der Waals surface area (Å²) in [6.45, 7) is 4.19. The topological polar surface area (TPSA) is 30.9 Å². The fourth-order valence-electron chi connectivity index (χ4n) is 3.17. The summed E-state index contributed by atoms with van der Waals surface area (Å²) in [6.07, 6.45) is -2.53. The van der Waals surface area contributed by atoms with Crippen molar-refractivity contribution >= 4 is 0 Å². The lowest BCUT2D eigenvalue weighted by molar-refractivity contribution is -0.137. The minimum Gasteiger partial charge on any atom is -0.487 e. The Hall–Kier alpha value is -1.31. The molecule has 0 N–H and O–H groups in total. The molecule has 0 bridgehead atoms. The summed E-state index contributed by atoms with van der Waals surface area (Å²) in [5.74, 6) is 0.436. The van der Waals surface area contributed by atoms with Gasteiger partial charge in [-0.05, 0) is 37.1 Å². The van der Waals surface area contributed by atoms with Gasteiger partial charge in [0, 0.05) is 32.3 Å². The highest BCUT2D eigenvalue weighted by atomic mass is 19.4. The third-order valence-electron chi connectivity index (χ3n) is 4.46. The second kappa shape index (κ2) is 7.72. The van der Waals surface area contributed by atoms with E-state index in [0.717, 1.165) is 44.7 Å². The number of benzene rings is 1. The molecule has 0 spiro atoms. The van der Waals surface area contributed by atoms with Crippen LogP contribution in [-0.2, 0) is 15.7 Å². The lowest BCUT2D eigenvalue weighted by Gasteiger charge is -2.34. The lowest BCUT2D eigenvalue weighted by atomic mass is 10.1. The van der Waals surface area contributed by atoms with E-state index >= 15 is 0 Å². The number of nitrogens with zero attached hydrogens (tertiary/aromatic N) is 1. The molecule has 0 unspecified atom stereocenters. The average Bonchev–Trinajstić information content (AvgIpc) is 2.81.